The van der Waals surface area contributed by atoms with E-state index in [4.69, 9.17) is 9.84 Å². The maximum absolute atomic E-state index is 10.7. The van der Waals surface area contributed by atoms with Crippen LogP contribution >= 0.6 is 0 Å². The number of hydrogen-bond donors (Lipinski definition) is 1. The van der Waals surface area contributed by atoms with Crippen molar-refractivity contribution >= 4 is 5.97 Å². The third-order valence-electron chi connectivity index (χ3n) is 3.61. The summed E-state index contributed by atoms with van der Waals surface area (Å²) < 4.78 is 4.87. The normalized spacial score (nSPS) is 11.7. The zero-order chi connectivity index (χ0) is 15.8. The van der Waals surface area contributed by atoms with Gasteiger partial charge in [0.1, 0.15) is 0 Å². The van der Waals surface area contributed by atoms with Crippen molar-refractivity contribution in [3.05, 3.63) is 0 Å². The number of hydrogen-bond acceptors (Lipinski definition) is 2. The molecular formula is C18H32O3. The van der Waals surface area contributed by atoms with Crippen LogP contribution in [0.25, 0.3) is 0 Å². The zero-order valence-electron chi connectivity index (χ0n) is 13.8. The summed E-state index contributed by atoms with van der Waals surface area (Å²) in [6.07, 6.45) is 13.0. The Hall–Kier alpha value is -1.01. The van der Waals surface area contributed by atoms with Crippen LogP contribution in [0.15, 0.2) is 0 Å². The number of methoxy groups -OCH3 is 1. The molecule has 3 heteroatoms. The molecule has 0 rings (SSSR count). The second kappa shape index (κ2) is 15.4. The molecule has 3 nitrogen and oxygen atoms in total. The van der Waals surface area contributed by atoms with Crippen LogP contribution in [0, 0.1) is 11.8 Å². The van der Waals surface area contributed by atoms with Gasteiger partial charge >= 0.3 is 5.97 Å². The van der Waals surface area contributed by atoms with E-state index in [9.17, 15) is 4.79 Å². The highest BCUT2D eigenvalue weighted by molar-refractivity contribution is 5.72. The second-order valence-electron chi connectivity index (χ2n) is 5.53. The number of carboxylic acids is 1. The lowest BCUT2D eigenvalue weighted by atomic mass is 10.1. The Morgan fingerprint density at radius 1 is 0.952 bits per heavy atom. The van der Waals surface area contributed by atoms with E-state index in [2.05, 4.69) is 18.8 Å². The Kier molecular flexibility index (Phi) is 14.6. The fourth-order valence-corrected chi connectivity index (χ4v) is 2.24. The molecule has 0 aromatic carbocycles. The summed E-state index contributed by atoms with van der Waals surface area (Å²) in [4.78, 5) is 10.7. The molecule has 0 amide bonds. The minimum absolute atomic E-state index is 0.540. The number of carboxylic acid groups (broad SMARTS) is 1. The predicted octanol–water partition coefficient (Wildman–Crippen LogP) is 4.79. The van der Waals surface area contributed by atoms with Gasteiger partial charge in [-0.15, -0.1) is 11.8 Å². The maximum atomic E-state index is 10.7. The molecule has 0 aliphatic carbocycles. The highest BCUT2D eigenvalue weighted by Gasteiger charge is 2.14. The molecule has 0 saturated heterocycles. The Labute approximate surface area is 130 Å². The monoisotopic (exact) mass is 296 g/mol. The van der Waals surface area contributed by atoms with Crippen LogP contribution in [-0.2, 0) is 9.53 Å². The summed E-state index contributed by atoms with van der Waals surface area (Å²) in [7, 11) is 1.44. The van der Waals surface area contributed by atoms with Gasteiger partial charge in [0, 0.05) is 20.0 Å². The van der Waals surface area contributed by atoms with Gasteiger partial charge in [-0.3, -0.25) is 0 Å². The highest BCUT2D eigenvalue weighted by Crippen LogP contribution is 2.09. The fourth-order valence-electron chi connectivity index (χ4n) is 2.24. The summed E-state index contributed by atoms with van der Waals surface area (Å²) in [5.74, 6) is 5.42. The fraction of sp³-hybridized carbons (Fsp3) is 0.833. The van der Waals surface area contributed by atoms with Gasteiger partial charge in [0.05, 0.1) is 0 Å². The summed E-state index contributed by atoms with van der Waals surface area (Å²) in [6.45, 7) is 2.25. The molecule has 0 aromatic rings. The van der Waals surface area contributed by atoms with Gasteiger partial charge in [-0.1, -0.05) is 51.9 Å². The van der Waals surface area contributed by atoms with Crippen molar-refractivity contribution in [2.75, 3.05) is 7.11 Å². The first-order chi connectivity index (χ1) is 10.2. The first kappa shape index (κ1) is 20.0. The van der Waals surface area contributed by atoms with Crippen molar-refractivity contribution in [1.82, 2.24) is 0 Å². The van der Waals surface area contributed by atoms with Crippen LogP contribution in [0.3, 0.4) is 0 Å². The smallest absolute Gasteiger partial charge is 0.332 e. The van der Waals surface area contributed by atoms with Crippen LogP contribution in [-0.4, -0.2) is 24.3 Å². The lowest BCUT2D eigenvalue weighted by Gasteiger charge is -2.07. The van der Waals surface area contributed by atoms with E-state index in [0.717, 1.165) is 19.3 Å². The molecule has 0 fully saturated rings. The molecule has 0 radical (unpaired) electrons. The van der Waals surface area contributed by atoms with Gasteiger partial charge in [0.15, 0.2) is 6.10 Å². The third kappa shape index (κ3) is 13.7. The minimum atomic E-state index is -0.885. The SMILES string of the molecule is CCCCCCCCCCC#CCCC[C@H](OC)C(=O)O. The molecule has 1 atom stereocenters. The Morgan fingerprint density at radius 2 is 1.48 bits per heavy atom. The largest absolute Gasteiger partial charge is 0.479 e. The Morgan fingerprint density at radius 3 is 2.00 bits per heavy atom. The van der Waals surface area contributed by atoms with E-state index in [0.29, 0.717) is 6.42 Å². The standard InChI is InChI=1S/C18H32O3/c1-3-4-5-6-7-8-9-10-11-12-13-14-15-16-17(21-2)18(19)20/h17H,3-11,14-16H2,1-2H3,(H,19,20)/t17-/m0/s1. The number of carbonyl (C=O) groups is 1. The molecule has 122 valence electrons. The van der Waals surface area contributed by atoms with Crippen molar-refractivity contribution in [2.45, 2.75) is 90.1 Å². The molecule has 1 N–H and O–H groups in total. The maximum Gasteiger partial charge on any atom is 0.332 e. The van der Waals surface area contributed by atoms with Crippen LogP contribution < -0.4 is 0 Å². The summed E-state index contributed by atoms with van der Waals surface area (Å²) in [5, 5.41) is 8.80. The van der Waals surface area contributed by atoms with Crippen molar-refractivity contribution in [1.29, 1.82) is 0 Å². The lowest BCUT2D eigenvalue weighted by molar-refractivity contribution is -0.148. The number of rotatable bonds is 13. The first-order valence-electron chi connectivity index (χ1n) is 8.43. The average Bonchev–Trinajstić information content (AvgIpc) is 2.47. The van der Waals surface area contributed by atoms with Gasteiger partial charge in [0.25, 0.3) is 0 Å². The second-order valence-corrected chi connectivity index (χ2v) is 5.53. The first-order valence-corrected chi connectivity index (χ1v) is 8.43. The van der Waals surface area contributed by atoms with E-state index in [1.54, 1.807) is 0 Å². The van der Waals surface area contributed by atoms with Crippen LogP contribution in [0.5, 0.6) is 0 Å². The molecular weight excluding hydrogens is 264 g/mol. The van der Waals surface area contributed by atoms with E-state index >= 15 is 0 Å². The molecule has 0 aliphatic heterocycles. The van der Waals surface area contributed by atoms with E-state index < -0.39 is 12.1 Å². The molecule has 0 unspecified atom stereocenters. The van der Waals surface area contributed by atoms with E-state index in [1.165, 1.54) is 58.5 Å². The van der Waals surface area contributed by atoms with E-state index in [1.807, 2.05) is 0 Å². The average molecular weight is 296 g/mol. The van der Waals surface area contributed by atoms with Crippen molar-refractivity contribution in [3.63, 3.8) is 0 Å². The third-order valence-corrected chi connectivity index (χ3v) is 3.61. The lowest BCUT2D eigenvalue weighted by Crippen LogP contribution is -2.21. The number of aliphatic carboxylic acids is 1. The Bertz CT molecular complexity index is 301. The predicted molar refractivity (Wildman–Crippen MR) is 87.3 cm³/mol. The van der Waals surface area contributed by atoms with Gasteiger partial charge in [-0.05, 0) is 19.3 Å². The summed E-state index contributed by atoms with van der Waals surface area (Å²) in [5.41, 5.74) is 0. The van der Waals surface area contributed by atoms with Crippen molar-refractivity contribution in [2.24, 2.45) is 0 Å². The molecule has 0 saturated carbocycles. The molecule has 0 aromatic heterocycles. The topological polar surface area (TPSA) is 46.5 Å². The van der Waals surface area contributed by atoms with Gasteiger partial charge in [-0.2, -0.15) is 0 Å². The quantitative estimate of drug-likeness (QED) is 0.392. The van der Waals surface area contributed by atoms with Crippen molar-refractivity contribution < 1.29 is 14.6 Å². The number of unbranched alkanes of at least 4 members (excludes halogenated alkanes) is 9. The van der Waals surface area contributed by atoms with Crippen LogP contribution in [0.1, 0.15) is 84.0 Å². The van der Waals surface area contributed by atoms with Crippen molar-refractivity contribution in [3.8, 4) is 11.8 Å². The van der Waals surface area contributed by atoms with Gasteiger partial charge in [-0.25, -0.2) is 4.79 Å². The van der Waals surface area contributed by atoms with E-state index in [-0.39, 0.29) is 0 Å². The van der Waals surface area contributed by atoms with Crippen LogP contribution in [0.4, 0.5) is 0 Å². The summed E-state index contributed by atoms with van der Waals surface area (Å²) in [6, 6.07) is 0. The van der Waals surface area contributed by atoms with Crippen LogP contribution in [0.2, 0.25) is 0 Å². The molecule has 0 heterocycles. The zero-order valence-corrected chi connectivity index (χ0v) is 13.8. The molecule has 0 spiro atoms. The molecule has 21 heavy (non-hydrogen) atoms. The molecule has 0 bridgehead atoms. The highest BCUT2D eigenvalue weighted by atomic mass is 16.5. The number of ether oxygens (including phenoxy) is 1. The van der Waals surface area contributed by atoms with Gasteiger partial charge in [0.2, 0.25) is 0 Å². The Balaban J connectivity index is 3.32. The minimum Gasteiger partial charge on any atom is -0.479 e. The van der Waals surface area contributed by atoms with Gasteiger partial charge < -0.3 is 9.84 Å². The molecule has 0 aliphatic rings. The summed E-state index contributed by atoms with van der Waals surface area (Å²) >= 11 is 0.